The second-order valence-corrected chi connectivity index (χ2v) is 3.95. The van der Waals surface area contributed by atoms with E-state index in [0.29, 0.717) is 6.54 Å². The molecule has 0 aliphatic heterocycles. The quantitative estimate of drug-likeness (QED) is 0.833. The summed E-state index contributed by atoms with van der Waals surface area (Å²) in [4.78, 5) is 3.81. The van der Waals surface area contributed by atoms with Gasteiger partial charge in [0.05, 0.1) is 11.3 Å². The van der Waals surface area contributed by atoms with Crippen LogP contribution in [0.25, 0.3) is 0 Å². The van der Waals surface area contributed by atoms with Gasteiger partial charge in [-0.05, 0) is 17.7 Å². The van der Waals surface area contributed by atoms with E-state index in [-0.39, 0.29) is 16.4 Å². The molecule has 0 fully saturated rings. The number of hydrogen-bond donors (Lipinski definition) is 0. The fraction of sp³-hybridized carbons (Fsp3) is 0.0833. The Labute approximate surface area is 107 Å². The van der Waals surface area contributed by atoms with Gasteiger partial charge < -0.3 is 4.57 Å². The number of rotatable bonds is 2. The van der Waals surface area contributed by atoms with Crippen LogP contribution < -0.4 is 0 Å². The highest BCUT2D eigenvalue weighted by molar-refractivity contribution is 6.30. The van der Waals surface area contributed by atoms with Gasteiger partial charge in [-0.1, -0.05) is 17.7 Å². The first kappa shape index (κ1) is 12.1. The van der Waals surface area contributed by atoms with Crippen molar-refractivity contribution in [3.8, 4) is 12.1 Å². The molecule has 0 atom stereocenters. The Morgan fingerprint density at radius 2 is 2.11 bits per heavy atom. The first-order chi connectivity index (χ1) is 8.65. The van der Waals surface area contributed by atoms with Crippen molar-refractivity contribution in [2.24, 2.45) is 0 Å². The van der Waals surface area contributed by atoms with E-state index in [2.05, 4.69) is 4.98 Å². The minimum absolute atomic E-state index is 0.0200. The fourth-order valence-electron chi connectivity index (χ4n) is 1.54. The molecule has 1 heterocycles. The molecule has 0 saturated carbocycles. The van der Waals surface area contributed by atoms with Crippen molar-refractivity contribution < 1.29 is 4.39 Å². The summed E-state index contributed by atoms with van der Waals surface area (Å²) >= 11 is 5.67. The van der Waals surface area contributed by atoms with Gasteiger partial charge >= 0.3 is 0 Å². The lowest BCUT2D eigenvalue weighted by molar-refractivity contribution is 0.626. The molecule has 4 nitrogen and oxygen atoms in total. The van der Waals surface area contributed by atoms with Crippen molar-refractivity contribution in [2.75, 3.05) is 0 Å². The van der Waals surface area contributed by atoms with E-state index in [0.717, 1.165) is 5.56 Å². The van der Waals surface area contributed by atoms with Gasteiger partial charge in [-0.2, -0.15) is 10.5 Å². The Balaban J connectivity index is 2.35. The van der Waals surface area contributed by atoms with E-state index in [1.807, 2.05) is 12.1 Å². The highest BCUT2D eigenvalue weighted by atomic mass is 35.5. The lowest BCUT2D eigenvalue weighted by atomic mass is 10.2. The van der Waals surface area contributed by atoms with E-state index in [4.69, 9.17) is 22.1 Å². The lowest BCUT2D eigenvalue weighted by Crippen LogP contribution is -2.01. The second-order valence-electron chi connectivity index (χ2n) is 3.54. The van der Waals surface area contributed by atoms with Gasteiger partial charge in [0.25, 0.3) is 0 Å². The SMILES string of the molecule is N#Cc1ncn(Cc2ccc(F)c(Cl)c2)c1C#N. The first-order valence-electron chi connectivity index (χ1n) is 4.95. The van der Waals surface area contributed by atoms with Crippen molar-refractivity contribution >= 4 is 11.6 Å². The Hall–Kier alpha value is -2.37. The number of nitrogens with zero attached hydrogens (tertiary/aromatic N) is 4. The monoisotopic (exact) mass is 260 g/mol. The highest BCUT2D eigenvalue weighted by Crippen LogP contribution is 2.17. The van der Waals surface area contributed by atoms with Crippen LogP contribution in [0.4, 0.5) is 4.39 Å². The maximum absolute atomic E-state index is 13.0. The molecule has 0 amide bonds. The molecule has 18 heavy (non-hydrogen) atoms. The largest absolute Gasteiger partial charge is 0.317 e. The predicted octanol–water partition coefficient (Wildman–Crippen LogP) is 2.47. The topological polar surface area (TPSA) is 65.4 Å². The van der Waals surface area contributed by atoms with Crippen molar-refractivity contribution in [2.45, 2.75) is 6.54 Å². The summed E-state index contributed by atoms with van der Waals surface area (Å²) in [6, 6.07) is 8.04. The summed E-state index contributed by atoms with van der Waals surface area (Å²) in [5.74, 6) is -0.496. The normalized spacial score (nSPS) is 9.78. The molecule has 0 aliphatic rings. The Kier molecular flexibility index (Phi) is 3.27. The summed E-state index contributed by atoms with van der Waals surface area (Å²) in [6.07, 6.45) is 1.40. The molecule has 1 aromatic heterocycles. The van der Waals surface area contributed by atoms with Crippen molar-refractivity contribution in [1.29, 1.82) is 10.5 Å². The Morgan fingerprint density at radius 3 is 2.72 bits per heavy atom. The van der Waals surface area contributed by atoms with Gasteiger partial charge in [-0.25, -0.2) is 9.37 Å². The third-order valence-electron chi connectivity index (χ3n) is 2.39. The molecule has 2 aromatic rings. The van der Waals surface area contributed by atoms with Gasteiger partial charge in [0.1, 0.15) is 18.0 Å². The average molecular weight is 261 g/mol. The standard InChI is InChI=1S/C12H6ClFN4/c13-9-3-8(1-2-10(9)14)6-18-7-17-11(4-15)12(18)5-16/h1-3,7H,6H2. The van der Waals surface area contributed by atoms with Crippen LogP contribution in [0.15, 0.2) is 24.5 Å². The van der Waals surface area contributed by atoms with E-state index >= 15 is 0 Å². The van der Waals surface area contributed by atoms with Crippen LogP contribution in [-0.4, -0.2) is 9.55 Å². The minimum atomic E-state index is -0.496. The second kappa shape index (κ2) is 4.87. The smallest absolute Gasteiger partial charge is 0.176 e. The third kappa shape index (κ3) is 2.17. The molecule has 0 radical (unpaired) electrons. The number of nitriles is 2. The number of aromatic nitrogens is 2. The number of hydrogen-bond acceptors (Lipinski definition) is 3. The van der Waals surface area contributed by atoms with E-state index in [1.165, 1.54) is 23.0 Å². The van der Waals surface area contributed by atoms with Gasteiger partial charge in [0.15, 0.2) is 11.4 Å². The van der Waals surface area contributed by atoms with Crippen LogP contribution in [0.1, 0.15) is 17.0 Å². The Bertz CT molecular complexity index is 678. The van der Waals surface area contributed by atoms with Crippen molar-refractivity contribution in [3.63, 3.8) is 0 Å². The van der Waals surface area contributed by atoms with E-state index < -0.39 is 5.82 Å². The van der Waals surface area contributed by atoms with Crippen LogP contribution in [0.3, 0.4) is 0 Å². The number of halogens is 2. The predicted molar refractivity (Wildman–Crippen MR) is 62.2 cm³/mol. The van der Waals surface area contributed by atoms with Gasteiger partial charge in [0, 0.05) is 6.54 Å². The van der Waals surface area contributed by atoms with Crippen LogP contribution >= 0.6 is 11.6 Å². The van der Waals surface area contributed by atoms with Crippen LogP contribution in [0.2, 0.25) is 5.02 Å². The van der Waals surface area contributed by atoms with Crippen LogP contribution in [0.5, 0.6) is 0 Å². The number of benzene rings is 1. The third-order valence-corrected chi connectivity index (χ3v) is 2.68. The lowest BCUT2D eigenvalue weighted by Gasteiger charge is -2.04. The summed E-state index contributed by atoms with van der Waals surface area (Å²) < 4.78 is 14.5. The molecule has 0 spiro atoms. The van der Waals surface area contributed by atoms with Crippen molar-refractivity contribution in [3.05, 3.63) is 52.3 Å². The summed E-state index contributed by atoms with van der Waals surface area (Å²) in [5, 5.41) is 17.7. The maximum atomic E-state index is 13.0. The Morgan fingerprint density at radius 1 is 1.33 bits per heavy atom. The molecule has 0 saturated heterocycles. The molecule has 88 valence electrons. The molecule has 0 bridgehead atoms. The summed E-state index contributed by atoms with van der Waals surface area (Å²) in [7, 11) is 0. The van der Waals surface area contributed by atoms with E-state index in [9.17, 15) is 4.39 Å². The molecule has 6 heteroatoms. The molecule has 1 aromatic carbocycles. The summed E-state index contributed by atoms with van der Waals surface area (Å²) in [6.45, 7) is 0.303. The summed E-state index contributed by atoms with van der Waals surface area (Å²) in [5.41, 5.74) is 0.975. The fourth-order valence-corrected chi connectivity index (χ4v) is 1.74. The zero-order chi connectivity index (χ0) is 13.1. The average Bonchev–Trinajstić information content (AvgIpc) is 2.75. The molecule has 0 aliphatic carbocycles. The van der Waals surface area contributed by atoms with E-state index in [1.54, 1.807) is 6.07 Å². The molecular formula is C12H6ClFN4. The zero-order valence-corrected chi connectivity index (χ0v) is 9.82. The first-order valence-corrected chi connectivity index (χ1v) is 5.32. The zero-order valence-electron chi connectivity index (χ0n) is 9.06. The molecule has 0 N–H and O–H groups in total. The van der Waals surface area contributed by atoms with Crippen LogP contribution in [-0.2, 0) is 6.54 Å². The van der Waals surface area contributed by atoms with Gasteiger partial charge in [-0.15, -0.1) is 0 Å². The minimum Gasteiger partial charge on any atom is -0.317 e. The number of imidazole rings is 1. The molecular weight excluding hydrogens is 255 g/mol. The highest BCUT2D eigenvalue weighted by Gasteiger charge is 2.10. The van der Waals surface area contributed by atoms with Crippen molar-refractivity contribution in [1.82, 2.24) is 9.55 Å². The van der Waals surface area contributed by atoms with Gasteiger partial charge in [0.2, 0.25) is 0 Å². The molecule has 0 unspecified atom stereocenters. The van der Waals surface area contributed by atoms with Gasteiger partial charge in [-0.3, -0.25) is 0 Å². The van der Waals surface area contributed by atoms with Crippen LogP contribution in [0, 0.1) is 28.5 Å². The maximum Gasteiger partial charge on any atom is 0.176 e. The molecule has 2 rings (SSSR count).